The summed E-state index contributed by atoms with van der Waals surface area (Å²) in [5.74, 6) is 1.60. The van der Waals surface area contributed by atoms with Crippen LogP contribution in [-0.2, 0) is 0 Å². The average molecular weight is 417 g/mol. The van der Waals surface area contributed by atoms with E-state index in [1.165, 1.54) is 0 Å². The third-order valence-corrected chi connectivity index (χ3v) is 5.16. The molecule has 0 atom stereocenters. The first-order valence-electron chi connectivity index (χ1n) is 10.2. The van der Waals surface area contributed by atoms with Gasteiger partial charge in [-0.3, -0.25) is 0 Å². The Balaban J connectivity index is 1.63. The van der Waals surface area contributed by atoms with Crippen LogP contribution in [0.15, 0.2) is 103 Å². The Hall–Kier alpha value is -4.51. The Morgan fingerprint density at radius 3 is 1.50 bits per heavy atom. The van der Waals surface area contributed by atoms with Gasteiger partial charge in [0.05, 0.1) is 5.56 Å². The highest BCUT2D eigenvalue weighted by Crippen LogP contribution is 2.30. The number of phenolic OH excluding ortho intramolecular Hbond substituents is 2. The third-order valence-electron chi connectivity index (χ3n) is 5.16. The molecule has 32 heavy (non-hydrogen) atoms. The summed E-state index contributed by atoms with van der Waals surface area (Å²) in [5.41, 5.74) is 4.34. The predicted octanol–water partition coefficient (Wildman–Crippen LogP) is 5.95. The normalized spacial score (nSPS) is 10.8. The number of aromatic hydroxyl groups is 2. The van der Waals surface area contributed by atoms with Crippen LogP contribution in [0.5, 0.6) is 11.5 Å². The summed E-state index contributed by atoms with van der Waals surface area (Å²) in [4.78, 5) is 13.9. The minimum Gasteiger partial charge on any atom is -0.508 e. The molecule has 0 aliphatic rings. The summed E-state index contributed by atoms with van der Waals surface area (Å²) in [6, 6.07) is 31.8. The highest BCUT2D eigenvalue weighted by atomic mass is 16.3. The molecule has 5 nitrogen and oxygen atoms in total. The van der Waals surface area contributed by atoms with Crippen molar-refractivity contribution in [1.29, 1.82) is 0 Å². The molecule has 4 aromatic carbocycles. The van der Waals surface area contributed by atoms with Crippen molar-refractivity contribution in [3.8, 4) is 56.8 Å². The number of rotatable bonds is 4. The van der Waals surface area contributed by atoms with Crippen molar-refractivity contribution in [1.82, 2.24) is 15.0 Å². The number of hydrogen-bond acceptors (Lipinski definition) is 5. The Labute approximate surface area is 185 Å². The largest absolute Gasteiger partial charge is 0.508 e. The molecule has 5 aromatic rings. The number of phenols is 2. The second-order valence-electron chi connectivity index (χ2n) is 7.31. The van der Waals surface area contributed by atoms with Gasteiger partial charge in [-0.15, -0.1) is 0 Å². The van der Waals surface area contributed by atoms with Crippen LogP contribution in [0.3, 0.4) is 0 Å². The van der Waals surface area contributed by atoms with E-state index in [2.05, 4.69) is 27.1 Å². The zero-order chi connectivity index (χ0) is 21.9. The summed E-state index contributed by atoms with van der Waals surface area (Å²) in [6.07, 6.45) is 0. The van der Waals surface area contributed by atoms with Gasteiger partial charge in [-0.2, -0.15) is 0 Å². The monoisotopic (exact) mass is 417 g/mol. The molecular weight excluding hydrogens is 398 g/mol. The molecule has 0 amide bonds. The Morgan fingerprint density at radius 2 is 0.875 bits per heavy atom. The number of nitrogens with zero attached hydrogens (tertiary/aromatic N) is 3. The molecule has 0 radical (unpaired) electrons. The van der Waals surface area contributed by atoms with Gasteiger partial charge in [-0.1, -0.05) is 66.7 Å². The van der Waals surface area contributed by atoms with Gasteiger partial charge in [-0.05, 0) is 47.5 Å². The number of benzene rings is 4. The lowest BCUT2D eigenvalue weighted by Crippen LogP contribution is -2.00. The summed E-state index contributed by atoms with van der Waals surface area (Å²) >= 11 is 0. The molecule has 5 heteroatoms. The Bertz CT molecular complexity index is 1370. The van der Waals surface area contributed by atoms with E-state index < -0.39 is 0 Å². The third kappa shape index (κ3) is 3.91. The first-order valence-corrected chi connectivity index (χ1v) is 10.2. The fraction of sp³-hybridized carbons (Fsp3) is 0. The average Bonchev–Trinajstić information content (AvgIpc) is 2.85. The van der Waals surface area contributed by atoms with Crippen LogP contribution in [0.1, 0.15) is 0 Å². The van der Waals surface area contributed by atoms with Gasteiger partial charge in [0.2, 0.25) is 0 Å². The number of hydrogen-bond donors (Lipinski definition) is 2. The fourth-order valence-electron chi connectivity index (χ4n) is 3.47. The molecule has 5 rings (SSSR count). The molecule has 0 saturated carbocycles. The smallest absolute Gasteiger partial charge is 0.167 e. The van der Waals surface area contributed by atoms with Crippen LogP contribution in [-0.4, -0.2) is 25.2 Å². The van der Waals surface area contributed by atoms with E-state index in [0.29, 0.717) is 23.0 Å². The lowest BCUT2D eigenvalue weighted by atomic mass is 10.0. The summed E-state index contributed by atoms with van der Waals surface area (Å²) in [6.45, 7) is 0. The molecular formula is C27H19N3O2. The van der Waals surface area contributed by atoms with Gasteiger partial charge in [0, 0.05) is 11.1 Å². The van der Waals surface area contributed by atoms with E-state index in [9.17, 15) is 10.2 Å². The summed E-state index contributed by atoms with van der Waals surface area (Å²) in [5, 5.41) is 20.0. The van der Waals surface area contributed by atoms with Crippen molar-refractivity contribution < 1.29 is 10.2 Å². The van der Waals surface area contributed by atoms with Gasteiger partial charge >= 0.3 is 0 Å². The zero-order valence-electron chi connectivity index (χ0n) is 17.1. The van der Waals surface area contributed by atoms with E-state index >= 15 is 0 Å². The molecule has 0 spiro atoms. The Kier molecular flexibility index (Phi) is 5.06. The topological polar surface area (TPSA) is 79.1 Å². The van der Waals surface area contributed by atoms with Crippen molar-refractivity contribution >= 4 is 0 Å². The first kappa shape index (κ1) is 19.5. The second-order valence-corrected chi connectivity index (χ2v) is 7.31. The summed E-state index contributed by atoms with van der Waals surface area (Å²) < 4.78 is 0. The van der Waals surface area contributed by atoms with Gasteiger partial charge in [0.1, 0.15) is 11.5 Å². The molecule has 2 N–H and O–H groups in total. The van der Waals surface area contributed by atoms with E-state index in [1.54, 1.807) is 42.5 Å². The van der Waals surface area contributed by atoms with Crippen LogP contribution in [0.25, 0.3) is 45.3 Å². The standard InChI is InChI=1S/C27H19N3O2/c31-22-16-14-21(15-17-22)26-28-25(29-27(30-26)23-8-4-5-9-24(23)32)20-12-10-19(11-13-20)18-6-2-1-3-7-18/h1-17,31-32H. The molecule has 0 aliphatic heterocycles. The van der Waals surface area contributed by atoms with Crippen molar-refractivity contribution in [3.63, 3.8) is 0 Å². The molecule has 154 valence electrons. The lowest BCUT2D eigenvalue weighted by Gasteiger charge is -2.10. The van der Waals surface area contributed by atoms with Crippen LogP contribution in [0.2, 0.25) is 0 Å². The minimum absolute atomic E-state index is 0.0979. The van der Waals surface area contributed by atoms with Crippen molar-refractivity contribution in [3.05, 3.63) is 103 Å². The Morgan fingerprint density at radius 1 is 0.406 bits per heavy atom. The van der Waals surface area contributed by atoms with E-state index in [-0.39, 0.29) is 11.5 Å². The maximum Gasteiger partial charge on any atom is 0.167 e. The number of aromatic nitrogens is 3. The SMILES string of the molecule is Oc1ccc(-c2nc(-c3ccc(-c4ccccc4)cc3)nc(-c3ccccc3O)n2)cc1. The quantitative estimate of drug-likeness (QED) is 0.378. The summed E-state index contributed by atoms with van der Waals surface area (Å²) in [7, 11) is 0. The van der Waals surface area contributed by atoms with Crippen molar-refractivity contribution in [2.45, 2.75) is 0 Å². The van der Waals surface area contributed by atoms with E-state index in [1.807, 2.05) is 48.5 Å². The minimum atomic E-state index is 0.0979. The molecule has 0 aliphatic carbocycles. The van der Waals surface area contributed by atoms with Crippen LogP contribution < -0.4 is 0 Å². The van der Waals surface area contributed by atoms with Gasteiger partial charge in [0.25, 0.3) is 0 Å². The molecule has 0 saturated heterocycles. The van der Waals surface area contributed by atoms with Crippen LogP contribution in [0.4, 0.5) is 0 Å². The predicted molar refractivity (Wildman–Crippen MR) is 125 cm³/mol. The molecule has 0 fully saturated rings. The first-order chi connectivity index (χ1) is 15.7. The second kappa shape index (κ2) is 8.32. The van der Waals surface area contributed by atoms with E-state index in [4.69, 9.17) is 0 Å². The number of para-hydroxylation sites is 1. The highest BCUT2D eigenvalue weighted by molar-refractivity contribution is 5.71. The van der Waals surface area contributed by atoms with Gasteiger partial charge in [0.15, 0.2) is 17.5 Å². The fourth-order valence-corrected chi connectivity index (χ4v) is 3.47. The van der Waals surface area contributed by atoms with Crippen molar-refractivity contribution in [2.75, 3.05) is 0 Å². The van der Waals surface area contributed by atoms with Crippen molar-refractivity contribution in [2.24, 2.45) is 0 Å². The van der Waals surface area contributed by atoms with Crippen LogP contribution in [0, 0.1) is 0 Å². The van der Waals surface area contributed by atoms with Crippen LogP contribution >= 0.6 is 0 Å². The maximum absolute atomic E-state index is 10.4. The molecule has 1 aromatic heterocycles. The molecule has 0 unspecified atom stereocenters. The van der Waals surface area contributed by atoms with Gasteiger partial charge < -0.3 is 10.2 Å². The maximum atomic E-state index is 10.4. The highest BCUT2D eigenvalue weighted by Gasteiger charge is 2.14. The molecule has 1 heterocycles. The van der Waals surface area contributed by atoms with Gasteiger partial charge in [-0.25, -0.2) is 15.0 Å². The lowest BCUT2D eigenvalue weighted by molar-refractivity contribution is 0.475. The van der Waals surface area contributed by atoms with E-state index in [0.717, 1.165) is 22.3 Å². The zero-order valence-corrected chi connectivity index (χ0v) is 17.1. The molecule has 0 bridgehead atoms.